The van der Waals surface area contributed by atoms with E-state index in [9.17, 15) is 13.6 Å². The number of hydrogen-bond donors (Lipinski definition) is 3. The molecule has 6 nitrogen and oxygen atoms in total. The average Bonchev–Trinajstić information content (AvgIpc) is 3.40. The molecule has 1 atom stereocenters. The SMILES string of the molecule is Cn1c(=O)[nH]c2ccc(-c3sc(NC[C@@H](N)Cc4ccc(F)cc4)nc3-c3ccccc3F)cc21. The molecule has 2 aromatic heterocycles. The van der Waals surface area contributed by atoms with Crippen molar-refractivity contribution in [1.82, 2.24) is 14.5 Å². The van der Waals surface area contributed by atoms with E-state index in [0.717, 1.165) is 27.0 Å². The number of imidazole rings is 1. The second kappa shape index (κ2) is 9.44. The molecule has 2 heterocycles. The van der Waals surface area contributed by atoms with Crippen LogP contribution in [0.15, 0.2) is 71.5 Å². The average molecular weight is 492 g/mol. The van der Waals surface area contributed by atoms with Crippen molar-refractivity contribution >= 4 is 27.5 Å². The second-order valence-corrected chi connectivity index (χ2v) is 9.37. The molecule has 5 aromatic rings. The molecule has 0 spiro atoms. The van der Waals surface area contributed by atoms with Crippen LogP contribution >= 0.6 is 11.3 Å². The molecule has 0 saturated heterocycles. The number of nitrogens with two attached hydrogens (primary N) is 1. The number of fused-ring (bicyclic) bond motifs is 1. The molecule has 0 fully saturated rings. The Labute approximate surface area is 204 Å². The summed E-state index contributed by atoms with van der Waals surface area (Å²) in [6.07, 6.45) is 0.573. The lowest BCUT2D eigenvalue weighted by Gasteiger charge is -2.12. The number of thiazole rings is 1. The molecule has 9 heteroatoms. The maximum absolute atomic E-state index is 14.7. The first-order valence-electron chi connectivity index (χ1n) is 11.1. The third-order valence-electron chi connectivity index (χ3n) is 5.85. The van der Waals surface area contributed by atoms with Gasteiger partial charge in [-0.25, -0.2) is 18.6 Å². The zero-order valence-corrected chi connectivity index (χ0v) is 19.7. The number of halogens is 2. The maximum Gasteiger partial charge on any atom is 0.326 e. The third-order valence-corrected chi connectivity index (χ3v) is 6.91. The Hall–Kier alpha value is -3.82. The number of aromatic amines is 1. The van der Waals surface area contributed by atoms with E-state index in [1.807, 2.05) is 18.2 Å². The minimum Gasteiger partial charge on any atom is -0.360 e. The number of rotatable bonds is 7. The molecule has 0 aliphatic heterocycles. The number of hydrogen-bond acceptors (Lipinski definition) is 5. The monoisotopic (exact) mass is 491 g/mol. The van der Waals surface area contributed by atoms with Crippen LogP contribution in [0.1, 0.15) is 5.56 Å². The van der Waals surface area contributed by atoms with Crippen LogP contribution in [0.3, 0.4) is 0 Å². The van der Waals surface area contributed by atoms with E-state index in [4.69, 9.17) is 10.7 Å². The highest BCUT2D eigenvalue weighted by molar-refractivity contribution is 7.19. The molecule has 3 aromatic carbocycles. The van der Waals surface area contributed by atoms with Crippen LogP contribution in [-0.2, 0) is 13.5 Å². The van der Waals surface area contributed by atoms with Crippen molar-refractivity contribution in [1.29, 1.82) is 0 Å². The van der Waals surface area contributed by atoms with Gasteiger partial charge in [-0.2, -0.15) is 0 Å². The van der Waals surface area contributed by atoms with Gasteiger partial charge in [0.2, 0.25) is 0 Å². The molecule has 0 saturated carbocycles. The molecular formula is C26H23F2N5OS. The lowest BCUT2D eigenvalue weighted by molar-refractivity contribution is 0.625. The van der Waals surface area contributed by atoms with Gasteiger partial charge in [-0.05, 0) is 53.9 Å². The summed E-state index contributed by atoms with van der Waals surface area (Å²) in [6.45, 7) is 0.437. The van der Waals surface area contributed by atoms with Gasteiger partial charge >= 0.3 is 5.69 Å². The van der Waals surface area contributed by atoms with E-state index in [0.29, 0.717) is 29.4 Å². The van der Waals surface area contributed by atoms with Gasteiger partial charge in [0, 0.05) is 25.2 Å². The highest BCUT2D eigenvalue weighted by Gasteiger charge is 2.19. The predicted molar refractivity (Wildman–Crippen MR) is 137 cm³/mol. The molecule has 0 bridgehead atoms. The lowest BCUT2D eigenvalue weighted by atomic mass is 10.1. The molecule has 0 aliphatic rings. The molecule has 0 radical (unpaired) electrons. The zero-order valence-electron chi connectivity index (χ0n) is 18.9. The Bertz CT molecular complexity index is 1550. The molecule has 0 aliphatic carbocycles. The summed E-state index contributed by atoms with van der Waals surface area (Å²) >= 11 is 1.40. The van der Waals surface area contributed by atoms with Crippen molar-refractivity contribution in [2.75, 3.05) is 11.9 Å². The predicted octanol–water partition coefficient (Wildman–Crippen LogP) is 4.92. The van der Waals surface area contributed by atoms with Crippen LogP contribution in [0, 0.1) is 11.6 Å². The van der Waals surface area contributed by atoms with Crippen LogP contribution in [0.4, 0.5) is 13.9 Å². The van der Waals surface area contributed by atoms with Gasteiger partial charge in [0.1, 0.15) is 11.6 Å². The fourth-order valence-electron chi connectivity index (χ4n) is 4.01. The number of anilines is 1. The number of benzene rings is 3. The lowest BCUT2D eigenvalue weighted by Crippen LogP contribution is -2.31. The largest absolute Gasteiger partial charge is 0.360 e. The Morgan fingerprint density at radius 2 is 1.89 bits per heavy atom. The highest BCUT2D eigenvalue weighted by atomic mass is 32.1. The van der Waals surface area contributed by atoms with E-state index in [-0.39, 0.29) is 23.4 Å². The molecular weight excluding hydrogens is 468 g/mol. The van der Waals surface area contributed by atoms with Crippen LogP contribution < -0.4 is 16.7 Å². The summed E-state index contributed by atoms with van der Waals surface area (Å²) in [7, 11) is 1.70. The number of nitrogens with one attached hydrogen (secondary N) is 2. The molecule has 4 N–H and O–H groups in total. The second-order valence-electron chi connectivity index (χ2n) is 8.37. The normalized spacial score (nSPS) is 12.2. The van der Waals surface area contributed by atoms with Gasteiger partial charge in [0.15, 0.2) is 5.13 Å². The fourth-order valence-corrected chi connectivity index (χ4v) is 4.99. The molecule has 0 unspecified atom stereocenters. The van der Waals surface area contributed by atoms with Gasteiger partial charge in [-0.3, -0.25) is 4.57 Å². The van der Waals surface area contributed by atoms with Crippen LogP contribution in [0.2, 0.25) is 0 Å². The smallest absolute Gasteiger partial charge is 0.326 e. The quantitative estimate of drug-likeness (QED) is 0.302. The zero-order chi connectivity index (χ0) is 24.5. The number of nitrogens with zero attached hydrogens (tertiary/aromatic N) is 2. The summed E-state index contributed by atoms with van der Waals surface area (Å²) in [6, 6.07) is 18.2. The number of aryl methyl sites for hydroxylation is 1. The van der Waals surface area contributed by atoms with Crippen molar-refractivity contribution in [2.24, 2.45) is 12.8 Å². The van der Waals surface area contributed by atoms with Crippen LogP contribution in [0.5, 0.6) is 0 Å². The first kappa shape index (κ1) is 22.9. The summed E-state index contributed by atoms with van der Waals surface area (Å²) in [5.41, 5.74) is 10.2. The fraction of sp³-hybridized carbons (Fsp3) is 0.154. The Kier molecular flexibility index (Phi) is 6.19. The van der Waals surface area contributed by atoms with E-state index in [1.54, 1.807) is 37.4 Å². The topological polar surface area (TPSA) is 88.7 Å². The Balaban J connectivity index is 1.46. The molecule has 0 amide bonds. The minimum absolute atomic E-state index is 0.201. The standard InChI is InChI=1S/C26H23F2N5OS/c1-33-22-13-16(8-11-21(22)31-26(33)34)24-23(19-4-2-3-5-20(19)28)32-25(35-24)30-14-18(29)12-15-6-9-17(27)10-7-15/h2-11,13,18H,12,14,29H2,1H3,(H,30,32)(H,31,34)/t18-/m0/s1. The first-order valence-corrected chi connectivity index (χ1v) is 11.9. The van der Waals surface area contributed by atoms with E-state index >= 15 is 0 Å². The van der Waals surface area contributed by atoms with Crippen molar-refractivity contribution in [3.05, 3.63) is 94.4 Å². The maximum atomic E-state index is 14.7. The van der Waals surface area contributed by atoms with Crippen molar-refractivity contribution in [2.45, 2.75) is 12.5 Å². The van der Waals surface area contributed by atoms with Crippen molar-refractivity contribution < 1.29 is 8.78 Å². The van der Waals surface area contributed by atoms with E-state index < -0.39 is 0 Å². The molecule has 178 valence electrons. The first-order chi connectivity index (χ1) is 16.9. The van der Waals surface area contributed by atoms with Gasteiger partial charge < -0.3 is 16.0 Å². The van der Waals surface area contributed by atoms with E-state index in [2.05, 4.69) is 10.3 Å². The van der Waals surface area contributed by atoms with Crippen LogP contribution in [-0.4, -0.2) is 27.1 Å². The van der Waals surface area contributed by atoms with Crippen molar-refractivity contribution in [3.63, 3.8) is 0 Å². The Morgan fingerprint density at radius 3 is 2.66 bits per heavy atom. The third kappa shape index (κ3) is 4.73. The van der Waals surface area contributed by atoms with Crippen LogP contribution in [0.25, 0.3) is 32.7 Å². The molecule has 35 heavy (non-hydrogen) atoms. The summed E-state index contributed by atoms with van der Waals surface area (Å²) < 4.78 is 29.4. The van der Waals surface area contributed by atoms with Gasteiger partial charge in [0.05, 0.1) is 21.6 Å². The van der Waals surface area contributed by atoms with Gasteiger partial charge in [0.25, 0.3) is 0 Å². The highest BCUT2D eigenvalue weighted by Crippen LogP contribution is 2.40. The Morgan fingerprint density at radius 1 is 1.11 bits per heavy atom. The van der Waals surface area contributed by atoms with Gasteiger partial charge in [-0.15, -0.1) is 0 Å². The summed E-state index contributed by atoms with van der Waals surface area (Å²) in [4.78, 5) is 20.3. The summed E-state index contributed by atoms with van der Waals surface area (Å²) in [5, 5.41) is 3.88. The number of H-pyrrole nitrogens is 1. The minimum atomic E-state index is -0.367. The number of aromatic nitrogens is 3. The van der Waals surface area contributed by atoms with Crippen molar-refractivity contribution in [3.8, 4) is 21.7 Å². The summed E-state index contributed by atoms with van der Waals surface area (Å²) in [5.74, 6) is -0.650. The van der Waals surface area contributed by atoms with Gasteiger partial charge in [-0.1, -0.05) is 41.7 Å². The van der Waals surface area contributed by atoms with E-state index in [1.165, 1.54) is 34.1 Å². The molecule has 5 rings (SSSR count).